The van der Waals surface area contributed by atoms with E-state index < -0.39 is 0 Å². The lowest BCUT2D eigenvalue weighted by Gasteiger charge is -2.36. The predicted molar refractivity (Wildman–Crippen MR) is 73.4 cm³/mol. The predicted octanol–water partition coefficient (Wildman–Crippen LogP) is 0.346. The Hall–Kier alpha value is -1.40. The standard InChI is InChI=1S/C13H22N4O2/c1-4-5-9-12(18)14-11(15-13(9)19)10-8-16(2)6-7-17(10)3/h10H,4-8H2,1-3H3,(H2,14,15,18,19). The quantitative estimate of drug-likeness (QED) is 0.826. The van der Waals surface area contributed by atoms with E-state index in [2.05, 4.69) is 19.8 Å². The zero-order valence-corrected chi connectivity index (χ0v) is 11.8. The first-order valence-electron chi connectivity index (χ1n) is 6.73. The molecule has 0 bridgehead atoms. The molecule has 106 valence electrons. The van der Waals surface area contributed by atoms with E-state index in [0.717, 1.165) is 26.1 Å². The molecular weight excluding hydrogens is 244 g/mol. The van der Waals surface area contributed by atoms with E-state index in [4.69, 9.17) is 0 Å². The Morgan fingerprint density at radius 1 is 1.42 bits per heavy atom. The van der Waals surface area contributed by atoms with Crippen LogP contribution in [0.1, 0.15) is 30.8 Å². The molecule has 0 radical (unpaired) electrons. The van der Waals surface area contributed by atoms with E-state index in [0.29, 0.717) is 17.8 Å². The molecule has 0 aliphatic carbocycles. The van der Waals surface area contributed by atoms with Crippen molar-refractivity contribution in [2.75, 3.05) is 33.7 Å². The van der Waals surface area contributed by atoms with Crippen LogP contribution in [0, 0.1) is 0 Å². The van der Waals surface area contributed by atoms with Gasteiger partial charge in [-0.1, -0.05) is 13.3 Å². The average Bonchev–Trinajstić information content (AvgIpc) is 2.36. The highest BCUT2D eigenvalue weighted by Crippen LogP contribution is 2.21. The van der Waals surface area contributed by atoms with E-state index >= 15 is 0 Å². The first kappa shape index (κ1) is 14.0. The number of nitrogens with one attached hydrogen (secondary N) is 1. The van der Waals surface area contributed by atoms with Gasteiger partial charge in [-0.2, -0.15) is 4.98 Å². The molecule has 19 heavy (non-hydrogen) atoms. The number of aromatic nitrogens is 2. The average molecular weight is 266 g/mol. The topological polar surface area (TPSA) is 72.5 Å². The molecule has 0 saturated carbocycles. The van der Waals surface area contributed by atoms with Crippen molar-refractivity contribution < 1.29 is 5.11 Å². The zero-order valence-electron chi connectivity index (χ0n) is 11.8. The number of piperazine rings is 1. The third-order valence-corrected chi connectivity index (χ3v) is 3.68. The van der Waals surface area contributed by atoms with Gasteiger partial charge in [-0.05, 0) is 20.5 Å². The van der Waals surface area contributed by atoms with Crippen LogP contribution in [0.4, 0.5) is 0 Å². The number of aromatic hydroxyl groups is 1. The third kappa shape index (κ3) is 2.96. The molecule has 6 heteroatoms. The van der Waals surface area contributed by atoms with Crippen LogP contribution >= 0.6 is 0 Å². The Balaban J connectivity index is 2.32. The maximum atomic E-state index is 12.0. The van der Waals surface area contributed by atoms with Crippen molar-refractivity contribution in [2.45, 2.75) is 25.8 Å². The highest BCUT2D eigenvalue weighted by atomic mass is 16.3. The van der Waals surface area contributed by atoms with Crippen LogP contribution in [0.5, 0.6) is 5.88 Å². The van der Waals surface area contributed by atoms with Crippen LogP contribution in [0.3, 0.4) is 0 Å². The van der Waals surface area contributed by atoms with Gasteiger partial charge in [0.2, 0.25) is 5.88 Å². The lowest BCUT2D eigenvalue weighted by Crippen LogP contribution is -2.45. The minimum absolute atomic E-state index is 0.0213. The maximum absolute atomic E-state index is 12.0. The van der Waals surface area contributed by atoms with Crippen molar-refractivity contribution in [1.82, 2.24) is 19.8 Å². The molecule has 6 nitrogen and oxygen atoms in total. The Bertz CT molecular complexity index is 500. The molecule has 1 aromatic rings. The second-order valence-electron chi connectivity index (χ2n) is 5.26. The fraction of sp³-hybridized carbons (Fsp3) is 0.692. The number of likely N-dealkylation sites (N-methyl/N-ethyl adjacent to an activating group) is 2. The zero-order chi connectivity index (χ0) is 14.0. The smallest absolute Gasteiger partial charge is 0.257 e. The van der Waals surface area contributed by atoms with E-state index in [-0.39, 0.29) is 17.5 Å². The summed E-state index contributed by atoms with van der Waals surface area (Å²) < 4.78 is 0. The molecule has 1 saturated heterocycles. The molecule has 0 aromatic carbocycles. The molecule has 0 spiro atoms. The lowest BCUT2D eigenvalue weighted by molar-refractivity contribution is 0.109. The molecular formula is C13H22N4O2. The van der Waals surface area contributed by atoms with Crippen molar-refractivity contribution in [3.63, 3.8) is 0 Å². The van der Waals surface area contributed by atoms with Gasteiger partial charge in [0.15, 0.2) is 0 Å². The summed E-state index contributed by atoms with van der Waals surface area (Å²) in [5.41, 5.74) is 0.170. The van der Waals surface area contributed by atoms with Gasteiger partial charge < -0.3 is 15.0 Å². The summed E-state index contributed by atoms with van der Waals surface area (Å²) >= 11 is 0. The van der Waals surface area contributed by atoms with E-state index in [1.165, 1.54) is 0 Å². The summed E-state index contributed by atoms with van der Waals surface area (Å²) in [7, 11) is 4.05. The Morgan fingerprint density at radius 3 is 2.79 bits per heavy atom. The van der Waals surface area contributed by atoms with Gasteiger partial charge in [0.1, 0.15) is 5.82 Å². The van der Waals surface area contributed by atoms with E-state index in [1.807, 2.05) is 21.0 Å². The summed E-state index contributed by atoms with van der Waals surface area (Å²) in [6.45, 7) is 4.68. The molecule has 1 aliphatic heterocycles. The number of aromatic amines is 1. The van der Waals surface area contributed by atoms with Crippen LogP contribution in [0.25, 0.3) is 0 Å². The van der Waals surface area contributed by atoms with Crippen molar-refractivity contribution in [1.29, 1.82) is 0 Å². The second-order valence-corrected chi connectivity index (χ2v) is 5.26. The second kappa shape index (κ2) is 5.71. The summed E-state index contributed by atoms with van der Waals surface area (Å²) in [6.07, 6.45) is 1.36. The van der Waals surface area contributed by atoms with E-state index in [9.17, 15) is 9.90 Å². The summed E-state index contributed by atoms with van der Waals surface area (Å²) in [6, 6.07) is 0.0213. The molecule has 0 amide bonds. The van der Waals surface area contributed by atoms with Crippen LogP contribution in [-0.4, -0.2) is 58.6 Å². The Kier molecular flexibility index (Phi) is 4.21. The number of nitrogens with zero attached hydrogens (tertiary/aromatic N) is 3. The SMILES string of the molecule is CCCc1c(O)nc(C2CN(C)CCN2C)[nH]c1=O. The minimum Gasteiger partial charge on any atom is -0.493 e. The fourth-order valence-corrected chi connectivity index (χ4v) is 2.44. The molecule has 1 unspecified atom stereocenters. The molecule has 1 aromatic heterocycles. The van der Waals surface area contributed by atoms with Gasteiger partial charge >= 0.3 is 0 Å². The monoisotopic (exact) mass is 266 g/mol. The summed E-state index contributed by atoms with van der Waals surface area (Å²) in [5.74, 6) is 0.429. The van der Waals surface area contributed by atoms with Crippen LogP contribution in [-0.2, 0) is 6.42 Å². The van der Waals surface area contributed by atoms with Gasteiger partial charge in [0, 0.05) is 19.6 Å². The highest BCUT2D eigenvalue weighted by Gasteiger charge is 2.26. The van der Waals surface area contributed by atoms with Crippen molar-refractivity contribution in [2.24, 2.45) is 0 Å². The molecule has 1 atom stereocenters. The van der Waals surface area contributed by atoms with Gasteiger partial charge in [0.05, 0.1) is 11.6 Å². The van der Waals surface area contributed by atoms with Gasteiger partial charge in [0.25, 0.3) is 5.56 Å². The first-order chi connectivity index (χ1) is 9.02. The Morgan fingerprint density at radius 2 is 2.16 bits per heavy atom. The van der Waals surface area contributed by atoms with Gasteiger partial charge in [-0.15, -0.1) is 0 Å². The molecule has 1 aliphatic rings. The summed E-state index contributed by atoms with van der Waals surface area (Å²) in [5, 5.41) is 9.92. The number of hydrogen-bond acceptors (Lipinski definition) is 5. The van der Waals surface area contributed by atoms with Crippen LogP contribution in [0.2, 0.25) is 0 Å². The lowest BCUT2D eigenvalue weighted by atomic mass is 10.1. The third-order valence-electron chi connectivity index (χ3n) is 3.68. The normalized spacial score (nSPS) is 21.7. The minimum atomic E-state index is -0.217. The number of hydrogen-bond donors (Lipinski definition) is 2. The molecule has 1 fully saturated rings. The summed E-state index contributed by atoms with van der Waals surface area (Å²) in [4.78, 5) is 23.4. The Labute approximate surface area is 113 Å². The van der Waals surface area contributed by atoms with Crippen molar-refractivity contribution >= 4 is 0 Å². The highest BCUT2D eigenvalue weighted by molar-refractivity contribution is 5.23. The largest absolute Gasteiger partial charge is 0.493 e. The van der Waals surface area contributed by atoms with Gasteiger partial charge in [-0.3, -0.25) is 9.69 Å². The maximum Gasteiger partial charge on any atom is 0.257 e. The van der Waals surface area contributed by atoms with Crippen molar-refractivity contribution in [3.8, 4) is 5.88 Å². The molecule has 2 N–H and O–H groups in total. The number of H-pyrrole nitrogens is 1. The van der Waals surface area contributed by atoms with Gasteiger partial charge in [-0.25, -0.2) is 0 Å². The van der Waals surface area contributed by atoms with Crippen molar-refractivity contribution in [3.05, 3.63) is 21.7 Å². The van der Waals surface area contributed by atoms with Crippen LogP contribution < -0.4 is 5.56 Å². The van der Waals surface area contributed by atoms with Crippen LogP contribution in [0.15, 0.2) is 4.79 Å². The molecule has 2 rings (SSSR count). The van der Waals surface area contributed by atoms with E-state index in [1.54, 1.807) is 0 Å². The fourth-order valence-electron chi connectivity index (χ4n) is 2.44. The number of rotatable bonds is 3. The first-order valence-corrected chi connectivity index (χ1v) is 6.73. The molecule has 2 heterocycles.